The molecule has 1 aromatic rings. The van der Waals surface area contributed by atoms with E-state index in [1.165, 1.54) is 11.3 Å². The summed E-state index contributed by atoms with van der Waals surface area (Å²) in [5.41, 5.74) is 0. The number of hydrogen-bond acceptors (Lipinski definition) is 3. The van der Waals surface area contributed by atoms with Crippen LogP contribution in [0.2, 0.25) is 4.34 Å². The fourth-order valence-corrected chi connectivity index (χ4v) is 2.43. The van der Waals surface area contributed by atoms with Crippen LogP contribution in [-0.2, 0) is 4.79 Å². The molecule has 5 heteroatoms. The van der Waals surface area contributed by atoms with E-state index in [0.717, 1.165) is 15.9 Å². The van der Waals surface area contributed by atoms with Crippen molar-refractivity contribution in [3.05, 3.63) is 16.5 Å². The number of rotatable bonds is 5. The summed E-state index contributed by atoms with van der Waals surface area (Å²) >= 11 is 7.32. The Kier molecular flexibility index (Phi) is 4.42. The normalized spacial score (nSPS) is 12.5. The maximum atomic E-state index is 10.5. The second-order valence-corrected chi connectivity index (χ2v) is 5.35. The molecule has 84 valence electrons. The SMILES string of the molecule is CC(CC(=O)O)CN(C)c1ccc(Cl)s1. The van der Waals surface area contributed by atoms with Gasteiger partial charge in [-0.05, 0) is 18.1 Å². The first kappa shape index (κ1) is 12.3. The highest BCUT2D eigenvalue weighted by Gasteiger charge is 2.11. The molecular formula is C10H14ClNO2S. The smallest absolute Gasteiger partial charge is 0.303 e. The van der Waals surface area contributed by atoms with E-state index >= 15 is 0 Å². The van der Waals surface area contributed by atoms with Gasteiger partial charge in [-0.3, -0.25) is 4.79 Å². The van der Waals surface area contributed by atoms with Crippen LogP contribution in [0, 0.1) is 5.92 Å². The minimum absolute atomic E-state index is 0.133. The molecule has 0 amide bonds. The van der Waals surface area contributed by atoms with Gasteiger partial charge in [0.1, 0.15) is 0 Å². The van der Waals surface area contributed by atoms with Gasteiger partial charge in [-0.1, -0.05) is 18.5 Å². The van der Waals surface area contributed by atoms with Gasteiger partial charge in [0.2, 0.25) is 0 Å². The van der Waals surface area contributed by atoms with Crippen molar-refractivity contribution < 1.29 is 9.90 Å². The molecule has 0 bridgehead atoms. The molecule has 0 aromatic carbocycles. The molecule has 0 aliphatic carbocycles. The number of thiophene rings is 1. The molecular weight excluding hydrogens is 234 g/mol. The van der Waals surface area contributed by atoms with Gasteiger partial charge in [0.15, 0.2) is 0 Å². The van der Waals surface area contributed by atoms with Gasteiger partial charge < -0.3 is 10.0 Å². The second kappa shape index (κ2) is 5.37. The van der Waals surface area contributed by atoms with Crippen LogP contribution < -0.4 is 4.90 Å². The summed E-state index contributed by atoms with van der Waals surface area (Å²) in [5, 5.41) is 9.70. The van der Waals surface area contributed by atoms with Crippen molar-refractivity contribution >= 4 is 33.9 Å². The van der Waals surface area contributed by atoms with E-state index in [-0.39, 0.29) is 12.3 Å². The predicted molar refractivity (Wildman–Crippen MR) is 64.0 cm³/mol. The van der Waals surface area contributed by atoms with E-state index in [2.05, 4.69) is 0 Å². The van der Waals surface area contributed by atoms with Crippen molar-refractivity contribution in [1.82, 2.24) is 0 Å². The van der Waals surface area contributed by atoms with E-state index < -0.39 is 5.97 Å². The average Bonchev–Trinajstić information content (AvgIpc) is 2.49. The largest absolute Gasteiger partial charge is 0.481 e. The number of aliphatic carboxylic acids is 1. The number of carbonyl (C=O) groups is 1. The Morgan fingerprint density at radius 1 is 1.67 bits per heavy atom. The lowest BCUT2D eigenvalue weighted by atomic mass is 10.1. The van der Waals surface area contributed by atoms with Crippen molar-refractivity contribution in [2.75, 3.05) is 18.5 Å². The fraction of sp³-hybridized carbons (Fsp3) is 0.500. The summed E-state index contributed by atoms with van der Waals surface area (Å²) in [5.74, 6) is -0.617. The molecule has 1 N–H and O–H groups in total. The van der Waals surface area contributed by atoms with E-state index in [4.69, 9.17) is 16.7 Å². The van der Waals surface area contributed by atoms with Crippen LogP contribution in [0.25, 0.3) is 0 Å². The zero-order valence-electron chi connectivity index (χ0n) is 8.74. The molecule has 0 aliphatic heterocycles. The summed E-state index contributed by atoms with van der Waals surface area (Å²) in [6.45, 7) is 2.66. The molecule has 1 atom stereocenters. The molecule has 3 nitrogen and oxygen atoms in total. The standard InChI is InChI=1S/C10H14ClNO2S/c1-7(5-10(13)14)6-12(2)9-4-3-8(11)15-9/h3-4,7H,5-6H2,1-2H3,(H,13,14). The fourth-order valence-electron chi connectivity index (χ4n) is 1.43. The first-order chi connectivity index (χ1) is 6.99. The minimum atomic E-state index is -0.750. The quantitative estimate of drug-likeness (QED) is 0.870. The first-order valence-electron chi connectivity index (χ1n) is 4.67. The first-order valence-corrected chi connectivity index (χ1v) is 5.86. The van der Waals surface area contributed by atoms with Gasteiger partial charge in [-0.15, -0.1) is 11.3 Å². The maximum absolute atomic E-state index is 10.5. The van der Waals surface area contributed by atoms with Crippen LogP contribution in [0.3, 0.4) is 0 Å². The second-order valence-electron chi connectivity index (χ2n) is 3.66. The maximum Gasteiger partial charge on any atom is 0.303 e. The van der Waals surface area contributed by atoms with Crippen LogP contribution in [0.1, 0.15) is 13.3 Å². The zero-order valence-corrected chi connectivity index (χ0v) is 10.3. The molecule has 0 saturated heterocycles. The highest BCUT2D eigenvalue weighted by molar-refractivity contribution is 7.19. The third-order valence-corrected chi connectivity index (χ3v) is 3.39. The van der Waals surface area contributed by atoms with Crippen molar-refractivity contribution in [3.63, 3.8) is 0 Å². The molecule has 1 heterocycles. The molecule has 15 heavy (non-hydrogen) atoms. The zero-order chi connectivity index (χ0) is 11.4. The van der Waals surface area contributed by atoms with Gasteiger partial charge in [0, 0.05) is 20.0 Å². The van der Waals surface area contributed by atoms with E-state index in [1.54, 1.807) is 0 Å². The molecule has 1 rings (SSSR count). The van der Waals surface area contributed by atoms with Gasteiger partial charge in [-0.2, -0.15) is 0 Å². The van der Waals surface area contributed by atoms with Gasteiger partial charge in [-0.25, -0.2) is 0 Å². The van der Waals surface area contributed by atoms with E-state index in [0.29, 0.717) is 0 Å². The van der Waals surface area contributed by atoms with Crippen molar-refractivity contribution in [1.29, 1.82) is 0 Å². The van der Waals surface area contributed by atoms with Gasteiger partial charge >= 0.3 is 5.97 Å². The number of carboxylic acids is 1. The highest BCUT2D eigenvalue weighted by Crippen LogP contribution is 2.29. The third kappa shape index (κ3) is 4.10. The Bertz CT molecular complexity index is 340. The average molecular weight is 248 g/mol. The summed E-state index contributed by atoms with van der Waals surface area (Å²) in [7, 11) is 1.94. The number of carboxylic acid groups (broad SMARTS) is 1. The van der Waals surface area contributed by atoms with Crippen molar-refractivity contribution in [3.8, 4) is 0 Å². The molecule has 0 radical (unpaired) electrons. The number of halogens is 1. The van der Waals surface area contributed by atoms with Crippen LogP contribution in [0.4, 0.5) is 5.00 Å². The Hall–Kier alpha value is -0.740. The molecule has 0 saturated carbocycles. The molecule has 0 fully saturated rings. The topological polar surface area (TPSA) is 40.5 Å². The summed E-state index contributed by atoms with van der Waals surface area (Å²) in [6.07, 6.45) is 0.198. The van der Waals surface area contributed by atoms with Crippen LogP contribution >= 0.6 is 22.9 Å². The minimum Gasteiger partial charge on any atom is -0.481 e. The molecule has 0 spiro atoms. The van der Waals surface area contributed by atoms with Crippen molar-refractivity contribution in [2.45, 2.75) is 13.3 Å². The summed E-state index contributed by atoms with van der Waals surface area (Å²) in [6, 6.07) is 3.79. The molecule has 0 aliphatic rings. The lowest BCUT2D eigenvalue weighted by Gasteiger charge is -2.20. The van der Waals surface area contributed by atoms with Crippen molar-refractivity contribution in [2.24, 2.45) is 5.92 Å². The van der Waals surface area contributed by atoms with E-state index in [1.807, 2.05) is 31.0 Å². The van der Waals surface area contributed by atoms with Gasteiger partial charge in [0.25, 0.3) is 0 Å². The highest BCUT2D eigenvalue weighted by atomic mass is 35.5. The predicted octanol–water partition coefficient (Wildman–Crippen LogP) is 2.95. The Labute approximate surface area is 98.3 Å². The number of nitrogens with zero attached hydrogens (tertiary/aromatic N) is 1. The summed E-state index contributed by atoms with van der Waals surface area (Å²) in [4.78, 5) is 12.5. The Morgan fingerprint density at radius 3 is 2.80 bits per heavy atom. The molecule has 1 aromatic heterocycles. The van der Waals surface area contributed by atoms with Crippen LogP contribution in [-0.4, -0.2) is 24.7 Å². The lowest BCUT2D eigenvalue weighted by Crippen LogP contribution is -2.24. The Morgan fingerprint density at radius 2 is 2.33 bits per heavy atom. The van der Waals surface area contributed by atoms with E-state index in [9.17, 15) is 4.79 Å². The van der Waals surface area contributed by atoms with Crippen LogP contribution in [0.5, 0.6) is 0 Å². The monoisotopic (exact) mass is 247 g/mol. The Balaban J connectivity index is 2.48. The third-order valence-electron chi connectivity index (χ3n) is 2.04. The van der Waals surface area contributed by atoms with Gasteiger partial charge in [0.05, 0.1) is 9.34 Å². The van der Waals surface area contributed by atoms with Crippen LogP contribution in [0.15, 0.2) is 12.1 Å². The number of anilines is 1. The molecule has 1 unspecified atom stereocenters. The lowest BCUT2D eigenvalue weighted by molar-refractivity contribution is -0.137. The number of hydrogen-bond donors (Lipinski definition) is 1. The summed E-state index contributed by atoms with van der Waals surface area (Å²) < 4.78 is 0.753.